The van der Waals surface area contributed by atoms with Crippen LogP contribution in [0.3, 0.4) is 0 Å². The van der Waals surface area contributed by atoms with Crippen LogP contribution in [0.4, 0.5) is 0 Å². The standard InChI is InChI=1S/C34H37NO6/c1-2-25-8-5-10-30(22-25)41-21-4-3-20-40-29-17-14-26(15-18-29)13-16-27-9-6-11-31-34(27)28(23-33(38)39)24-35(31)19-7-12-32(36)37/h5-6,8-11,13-18,22,24H,2-4,7,12,19-21,23H2,1H3,(H,36,37)(H,38,39). The van der Waals surface area contributed by atoms with Crippen LogP contribution in [0.15, 0.2) is 72.9 Å². The highest BCUT2D eigenvalue weighted by Crippen LogP contribution is 2.28. The molecular formula is C34H37NO6. The van der Waals surface area contributed by atoms with E-state index in [1.54, 1.807) is 0 Å². The maximum atomic E-state index is 11.5. The van der Waals surface area contributed by atoms with Gasteiger partial charge >= 0.3 is 11.9 Å². The number of carboxylic acids is 2. The molecule has 4 rings (SSSR count). The number of benzene rings is 3. The summed E-state index contributed by atoms with van der Waals surface area (Å²) >= 11 is 0. The van der Waals surface area contributed by atoms with Crippen molar-refractivity contribution in [1.82, 2.24) is 4.57 Å². The summed E-state index contributed by atoms with van der Waals surface area (Å²) in [6, 6.07) is 21.9. The number of rotatable bonds is 16. The Morgan fingerprint density at radius 2 is 1.56 bits per heavy atom. The van der Waals surface area contributed by atoms with E-state index in [4.69, 9.17) is 14.6 Å². The number of fused-ring (bicyclic) bond motifs is 1. The van der Waals surface area contributed by atoms with E-state index in [0.29, 0.717) is 31.7 Å². The average molecular weight is 556 g/mol. The van der Waals surface area contributed by atoms with Crippen molar-refractivity contribution in [3.8, 4) is 11.5 Å². The summed E-state index contributed by atoms with van der Waals surface area (Å²) in [6.45, 7) is 3.92. The highest BCUT2D eigenvalue weighted by atomic mass is 16.5. The zero-order valence-electron chi connectivity index (χ0n) is 23.4. The molecule has 0 unspecified atom stereocenters. The molecule has 41 heavy (non-hydrogen) atoms. The lowest BCUT2D eigenvalue weighted by Crippen LogP contribution is -2.02. The normalized spacial score (nSPS) is 11.2. The van der Waals surface area contributed by atoms with Crippen molar-refractivity contribution >= 4 is 35.0 Å². The second-order valence-corrected chi connectivity index (χ2v) is 9.96. The Morgan fingerprint density at radius 1 is 0.829 bits per heavy atom. The number of carboxylic acid groups (broad SMARTS) is 2. The largest absolute Gasteiger partial charge is 0.494 e. The number of aromatic nitrogens is 1. The van der Waals surface area contributed by atoms with E-state index in [2.05, 4.69) is 19.1 Å². The summed E-state index contributed by atoms with van der Waals surface area (Å²) in [5, 5.41) is 19.3. The second-order valence-electron chi connectivity index (χ2n) is 9.96. The molecule has 0 aliphatic heterocycles. The first kappa shape index (κ1) is 29.5. The van der Waals surface area contributed by atoms with Gasteiger partial charge in [0.1, 0.15) is 11.5 Å². The third kappa shape index (κ3) is 8.73. The Morgan fingerprint density at radius 3 is 2.27 bits per heavy atom. The summed E-state index contributed by atoms with van der Waals surface area (Å²) in [4.78, 5) is 22.5. The molecule has 0 bridgehead atoms. The first-order valence-corrected chi connectivity index (χ1v) is 14.1. The van der Waals surface area contributed by atoms with Gasteiger partial charge in [0.05, 0.1) is 19.6 Å². The van der Waals surface area contributed by atoms with Gasteiger partial charge in [-0.15, -0.1) is 0 Å². The van der Waals surface area contributed by atoms with Gasteiger partial charge in [0.15, 0.2) is 0 Å². The molecule has 1 aromatic heterocycles. The SMILES string of the molecule is CCc1cccc(OCCCCOc2ccc(C=Cc3cccc4c3c(CC(=O)O)cn4CCCC(=O)O)cc2)c1. The molecule has 0 amide bonds. The highest BCUT2D eigenvalue weighted by Gasteiger charge is 2.14. The summed E-state index contributed by atoms with van der Waals surface area (Å²) < 4.78 is 13.7. The molecule has 4 aromatic rings. The van der Waals surface area contributed by atoms with Crippen molar-refractivity contribution in [1.29, 1.82) is 0 Å². The molecule has 0 fully saturated rings. The maximum Gasteiger partial charge on any atom is 0.307 e. The number of aliphatic carboxylic acids is 2. The number of nitrogens with zero attached hydrogens (tertiary/aromatic N) is 1. The summed E-state index contributed by atoms with van der Waals surface area (Å²) in [5.74, 6) is -0.0241. The molecule has 7 nitrogen and oxygen atoms in total. The molecule has 0 saturated heterocycles. The molecule has 0 spiro atoms. The molecule has 0 aliphatic carbocycles. The Balaban J connectivity index is 1.33. The van der Waals surface area contributed by atoms with Crippen molar-refractivity contribution in [2.75, 3.05) is 13.2 Å². The van der Waals surface area contributed by atoms with Gasteiger partial charge < -0.3 is 24.3 Å². The minimum Gasteiger partial charge on any atom is -0.494 e. The second kappa shape index (κ2) is 14.7. The van der Waals surface area contributed by atoms with Gasteiger partial charge in [0, 0.05) is 30.1 Å². The van der Waals surface area contributed by atoms with Gasteiger partial charge in [0.2, 0.25) is 0 Å². The third-order valence-corrected chi connectivity index (χ3v) is 6.87. The first-order valence-electron chi connectivity index (χ1n) is 14.1. The van der Waals surface area contributed by atoms with Crippen LogP contribution in [-0.4, -0.2) is 39.9 Å². The molecular weight excluding hydrogens is 518 g/mol. The van der Waals surface area contributed by atoms with Crippen LogP contribution in [0, 0.1) is 0 Å². The van der Waals surface area contributed by atoms with E-state index in [1.165, 1.54) is 5.56 Å². The zero-order chi connectivity index (χ0) is 29.0. The molecule has 1 heterocycles. The Kier molecular flexibility index (Phi) is 10.6. The molecule has 0 aliphatic rings. The van der Waals surface area contributed by atoms with Gasteiger partial charge in [-0.3, -0.25) is 9.59 Å². The highest BCUT2D eigenvalue weighted by molar-refractivity contribution is 5.96. The number of unbranched alkanes of at least 4 members (excludes halogenated alkanes) is 1. The fraction of sp³-hybridized carbons (Fsp3) is 0.294. The number of hydrogen-bond acceptors (Lipinski definition) is 4. The van der Waals surface area contributed by atoms with Crippen molar-refractivity contribution in [3.63, 3.8) is 0 Å². The molecule has 3 aromatic carbocycles. The molecule has 0 radical (unpaired) electrons. The molecule has 2 N–H and O–H groups in total. The van der Waals surface area contributed by atoms with Crippen LogP contribution in [0.25, 0.3) is 23.1 Å². The Hall–Kier alpha value is -4.52. The fourth-order valence-corrected chi connectivity index (χ4v) is 4.79. The van der Waals surface area contributed by atoms with Crippen molar-refractivity contribution in [2.24, 2.45) is 0 Å². The quantitative estimate of drug-likeness (QED) is 0.113. The van der Waals surface area contributed by atoms with E-state index in [1.807, 2.05) is 77.5 Å². The monoisotopic (exact) mass is 555 g/mol. The Labute approximate surface area is 240 Å². The van der Waals surface area contributed by atoms with Crippen LogP contribution in [0.1, 0.15) is 54.9 Å². The number of ether oxygens (including phenoxy) is 2. The molecule has 214 valence electrons. The van der Waals surface area contributed by atoms with Gasteiger partial charge in [-0.2, -0.15) is 0 Å². The zero-order valence-corrected chi connectivity index (χ0v) is 23.4. The number of aryl methyl sites for hydroxylation is 2. The summed E-state index contributed by atoms with van der Waals surface area (Å²) in [6.07, 6.45) is 9.06. The summed E-state index contributed by atoms with van der Waals surface area (Å²) in [7, 11) is 0. The molecule has 0 saturated carbocycles. The molecule has 7 heteroatoms. The van der Waals surface area contributed by atoms with Crippen molar-refractivity contribution in [3.05, 3.63) is 95.2 Å². The number of carbonyl (C=O) groups is 2. The van der Waals surface area contributed by atoms with Crippen molar-refractivity contribution in [2.45, 2.75) is 52.0 Å². The minimum atomic E-state index is -0.904. The van der Waals surface area contributed by atoms with Gasteiger partial charge in [-0.05, 0) is 78.3 Å². The lowest BCUT2D eigenvalue weighted by atomic mass is 10.0. The lowest BCUT2D eigenvalue weighted by molar-refractivity contribution is -0.137. The smallest absolute Gasteiger partial charge is 0.307 e. The predicted molar refractivity (Wildman–Crippen MR) is 162 cm³/mol. The van der Waals surface area contributed by atoms with E-state index in [9.17, 15) is 14.7 Å². The van der Waals surface area contributed by atoms with Crippen LogP contribution in [0.5, 0.6) is 11.5 Å². The first-order chi connectivity index (χ1) is 19.9. The topological polar surface area (TPSA) is 98.0 Å². The van der Waals surface area contributed by atoms with E-state index in [0.717, 1.165) is 52.8 Å². The fourth-order valence-electron chi connectivity index (χ4n) is 4.79. The van der Waals surface area contributed by atoms with Crippen LogP contribution in [-0.2, 0) is 29.0 Å². The maximum absolute atomic E-state index is 11.5. The number of hydrogen-bond donors (Lipinski definition) is 2. The van der Waals surface area contributed by atoms with Gasteiger partial charge in [0.25, 0.3) is 0 Å². The third-order valence-electron chi connectivity index (χ3n) is 6.87. The van der Waals surface area contributed by atoms with Gasteiger partial charge in [-0.1, -0.05) is 55.5 Å². The van der Waals surface area contributed by atoms with Crippen LogP contribution < -0.4 is 9.47 Å². The lowest BCUT2D eigenvalue weighted by Gasteiger charge is -2.09. The summed E-state index contributed by atoms with van der Waals surface area (Å²) in [5.41, 5.74) is 4.80. The van der Waals surface area contributed by atoms with Gasteiger partial charge in [-0.25, -0.2) is 0 Å². The van der Waals surface area contributed by atoms with E-state index in [-0.39, 0.29) is 12.8 Å². The predicted octanol–water partition coefficient (Wildman–Crippen LogP) is 7.10. The molecule has 0 atom stereocenters. The van der Waals surface area contributed by atoms with Crippen LogP contribution in [0.2, 0.25) is 0 Å². The average Bonchev–Trinajstić information content (AvgIpc) is 3.31. The minimum absolute atomic E-state index is 0.0652. The van der Waals surface area contributed by atoms with Crippen molar-refractivity contribution < 1.29 is 29.3 Å². The Bertz CT molecular complexity index is 1490. The van der Waals surface area contributed by atoms with E-state index >= 15 is 0 Å². The van der Waals surface area contributed by atoms with E-state index < -0.39 is 11.9 Å². The van der Waals surface area contributed by atoms with Crippen LogP contribution >= 0.6 is 0 Å².